The zero-order valence-corrected chi connectivity index (χ0v) is 10.8. The lowest BCUT2D eigenvalue weighted by Crippen LogP contribution is -2.42. The lowest BCUT2D eigenvalue weighted by atomic mass is 10.1. The second kappa shape index (κ2) is 4.84. The molecule has 3 rings (SSSR count). The number of aromatic amines is 1. The number of nitrogen functional groups attached to an aromatic ring is 1. The highest BCUT2D eigenvalue weighted by Gasteiger charge is 2.18. The van der Waals surface area contributed by atoms with Crippen molar-refractivity contribution in [3.8, 4) is 0 Å². The number of nitrogens with zero attached hydrogens (tertiary/aromatic N) is 1. The molecule has 1 fully saturated rings. The minimum absolute atomic E-state index is 0.0542. The van der Waals surface area contributed by atoms with Gasteiger partial charge in [-0.05, 0) is 24.6 Å². The fourth-order valence-corrected chi connectivity index (χ4v) is 2.27. The van der Waals surface area contributed by atoms with Crippen LogP contribution in [-0.2, 0) is 4.79 Å². The van der Waals surface area contributed by atoms with E-state index in [4.69, 9.17) is 5.73 Å². The number of benzene rings is 1. The van der Waals surface area contributed by atoms with Crippen LogP contribution in [0.25, 0.3) is 10.9 Å². The van der Waals surface area contributed by atoms with E-state index in [0.29, 0.717) is 35.5 Å². The SMILES string of the molecule is Nc1ccc2nc(NC3CCC(=O)NC3)[nH]c(=O)c2c1. The van der Waals surface area contributed by atoms with Crippen molar-refractivity contribution in [2.24, 2.45) is 0 Å². The summed E-state index contributed by atoms with van der Waals surface area (Å²) in [7, 11) is 0. The standard InChI is InChI=1S/C13H15N5O2/c14-7-1-3-10-9(5-7)12(20)18-13(17-10)16-8-2-4-11(19)15-6-8/h1,3,5,8H,2,4,6,14H2,(H,15,19)(H2,16,17,18,20). The van der Waals surface area contributed by atoms with Crippen LogP contribution in [0.15, 0.2) is 23.0 Å². The lowest BCUT2D eigenvalue weighted by molar-refractivity contribution is -0.122. The minimum Gasteiger partial charge on any atom is -0.399 e. The summed E-state index contributed by atoms with van der Waals surface area (Å²) in [5.74, 6) is 0.465. The zero-order chi connectivity index (χ0) is 14.1. The summed E-state index contributed by atoms with van der Waals surface area (Å²) >= 11 is 0. The number of H-pyrrole nitrogens is 1. The van der Waals surface area contributed by atoms with Gasteiger partial charge in [-0.1, -0.05) is 0 Å². The molecule has 2 aromatic rings. The minimum atomic E-state index is -0.232. The highest BCUT2D eigenvalue weighted by Crippen LogP contribution is 2.14. The predicted molar refractivity (Wildman–Crippen MR) is 76.4 cm³/mol. The molecule has 1 aromatic carbocycles. The largest absolute Gasteiger partial charge is 0.399 e. The molecule has 1 aromatic heterocycles. The maximum Gasteiger partial charge on any atom is 0.260 e. The molecular formula is C13H15N5O2. The molecule has 0 spiro atoms. The number of anilines is 2. The molecule has 20 heavy (non-hydrogen) atoms. The van der Waals surface area contributed by atoms with E-state index in [0.717, 1.165) is 6.42 Å². The fourth-order valence-electron chi connectivity index (χ4n) is 2.27. The van der Waals surface area contributed by atoms with E-state index in [1.807, 2.05) is 0 Å². The van der Waals surface area contributed by atoms with Gasteiger partial charge in [0.1, 0.15) is 0 Å². The molecule has 104 valence electrons. The van der Waals surface area contributed by atoms with E-state index in [1.54, 1.807) is 18.2 Å². The number of rotatable bonds is 2. The third-order valence-electron chi connectivity index (χ3n) is 3.34. The van der Waals surface area contributed by atoms with Gasteiger partial charge in [0, 0.05) is 24.7 Å². The Hall–Kier alpha value is -2.57. The van der Waals surface area contributed by atoms with Crippen LogP contribution in [0.3, 0.4) is 0 Å². The number of fused-ring (bicyclic) bond motifs is 1. The van der Waals surface area contributed by atoms with Gasteiger partial charge in [0.05, 0.1) is 10.9 Å². The molecule has 2 heterocycles. The molecule has 1 unspecified atom stereocenters. The monoisotopic (exact) mass is 273 g/mol. The highest BCUT2D eigenvalue weighted by atomic mass is 16.1. The van der Waals surface area contributed by atoms with E-state index >= 15 is 0 Å². The van der Waals surface area contributed by atoms with Gasteiger partial charge in [0.15, 0.2) is 0 Å². The Balaban J connectivity index is 1.87. The van der Waals surface area contributed by atoms with Gasteiger partial charge in [-0.3, -0.25) is 14.6 Å². The zero-order valence-electron chi connectivity index (χ0n) is 10.8. The van der Waals surface area contributed by atoms with Crippen molar-refractivity contribution in [2.75, 3.05) is 17.6 Å². The van der Waals surface area contributed by atoms with E-state index in [-0.39, 0.29) is 17.5 Å². The van der Waals surface area contributed by atoms with Gasteiger partial charge in [0.2, 0.25) is 11.9 Å². The summed E-state index contributed by atoms with van der Waals surface area (Å²) in [6.45, 7) is 0.530. The number of amides is 1. The quantitative estimate of drug-likeness (QED) is 0.584. The first kappa shape index (κ1) is 12.5. The molecule has 0 aliphatic carbocycles. The van der Waals surface area contributed by atoms with Crippen molar-refractivity contribution in [3.05, 3.63) is 28.6 Å². The van der Waals surface area contributed by atoms with E-state index in [1.165, 1.54) is 0 Å². The molecule has 1 saturated heterocycles. The molecular weight excluding hydrogens is 258 g/mol. The summed E-state index contributed by atoms with van der Waals surface area (Å²) < 4.78 is 0. The molecule has 1 aliphatic rings. The number of nitrogens with two attached hydrogens (primary N) is 1. The first-order chi connectivity index (χ1) is 9.61. The van der Waals surface area contributed by atoms with Crippen LogP contribution in [0.4, 0.5) is 11.6 Å². The number of hydrogen-bond acceptors (Lipinski definition) is 5. The average molecular weight is 273 g/mol. The number of nitrogens with one attached hydrogen (secondary N) is 3. The number of carbonyl (C=O) groups excluding carboxylic acids is 1. The molecule has 0 radical (unpaired) electrons. The van der Waals surface area contributed by atoms with Crippen molar-refractivity contribution in [2.45, 2.75) is 18.9 Å². The Morgan fingerprint density at radius 1 is 1.35 bits per heavy atom. The highest BCUT2D eigenvalue weighted by molar-refractivity contribution is 5.81. The second-order valence-corrected chi connectivity index (χ2v) is 4.88. The van der Waals surface area contributed by atoms with Crippen LogP contribution in [0.1, 0.15) is 12.8 Å². The van der Waals surface area contributed by atoms with E-state index in [9.17, 15) is 9.59 Å². The van der Waals surface area contributed by atoms with Crippen LogP contribution in [-0.4, -0.2) is 28.5 Å². The number of aromatic nitrogens is 2. The van der Waals surface area contributed by atoms with Crippen molar-refractivity contribution in [1.29, 1.82) is 0 Å². The Morgan fingerprint density at radius 3 is 2.95 bits per heavy atom. The Morgan fingerprint density at radius 2 is 2.20 bits per heavy atom. The van der Waals surface area contributed by atoms with Gasteiger partial charge in [-0.2, -0.15) is 0 Å². The van der Waals surface area contributed by atoms with Gasteiger partial charge < -0.3 is 16.4 Å². The Kier molecular flexibility index (Phi) is 3.02. The number of hydrogen-bond donors (Lipinski definition) is 4. The molecule has 7 heteroatoms. The average Bonchev–Trinajstić information content (AvgIpc) is 2.42. The molecule has 7 nitrogen and oxygen atoms in total. The third kappa shape index (κ3) is 2.42. The Bertz CT molecular complexity index is 714. The summed E-state index contributed by atoms with van der Waals surface area (Å²) in [6, 6.07) is 5.10. The van der Waals surface area contributed by atoms with Crippen molar-refractivity contribution in [1.82, 2.24) is 15.3 Å². The third-order valence-corrected chi connectivity index (χ3v) is 3.34. The fraction of sp³-hybridized carbons (Fsp3) is 0.308. The normalized spacial score (nSPS) is 18.8. The maximum absolute atomic E-state index is 12.0. The summed E-state index contributed by atoms with van der Waals surface area (Å²) in [5, 5.41) is 6.38. The van der Waals surface area contributed by atoms with Gasteiger partial charge in [-0.25, -0.2) is 4.98 Å². The second-order valence-electron chi connectivity index (χ2n) is 4.88. The molecule has 0 saturated carbocycles. The summed E-state index contributed by atoms with van der Waals surface area (Å²) in [5.41, 5.74) is 6.54. The van der Waals surface area contributed by atoms with E-state index < -0.39 is 0 Å². The molecule has 1 amide bonds. The van der Waals surface area contributed by atoms with Crippen LogP contribution in [0.2, 0.25) is 0 Å². The van der Waals surface area contributed by atoms with Crippen LogP contribution >= 0.6 is 0 Å². The smallest absolute Gasteiger partial charge is 0.260 e. The van der Waals surface area contributed by atoms with Gasteiger partial charge in [0.25, 0.3) is 5.56 Å². The first-order valence-electron chi connectivity index (χ1n) is 6.44. The molecule has 0 bridgehead atoms. The van der Waals surface area contributed by atoms with Crippen LogP contribution < -0.4 is 21.9 Å². The molecule has 5 N–H and O–H groups in total. The number of carbonyl (C=O) groups is 1. The van der Waals surface area contributed by atoms with Crippen molar-refractivity contribution >= 4 is 28.4 Å². The van der Waals surface area contributed by atoms with Crippen LogP contribution in [0, 0.1) is 0 Å². The van der Waals surface area contributed by atoms with Crippen molar-refractivity contribution < 1.29 is 4.79 Å². The van der Waals surface area contributed by atoms with Crippen molar-refractivity contribution in [3.63, 3.8) is 0 Å². The summed E-state index contributed by atoms with van der Waals surface area (Å²) in [6.07, 6.45) is 1.20. The summed E-state index contributed by atoms with van der Waals surface area (Å²) in [4.78, 5) is 30.1. The predicted octanol–water partition coefficient (Wildman–Crippen LogP) is 0.196. The van der Waals surface area contributed by atoms with Gasteiger partial charge in [-0.15, -0.1) is 0 Å². The topological polar surface area (TPSA) is 113 Å². The number of piperidine rings is 1. The Labute approximate surface area is 114 Å². The maximum atomic E-state index is 12.0. The lowest BCUT2D eigenvalue weighted by Gasteiger charge is -2.23. The molecule has 1 aliphatic heterocycles. The molecule has 1 atom stereocenters. The van der Waals surface area contributed by atoms with Crippen LogP contribution in [0.5, 0.6) is 0 Å². The van der Waals surface area contributed by atoms with Gasteiger partial charge >= 0.3 is 0 Å². The first-order valence-corrected chi connectivity index (χ1v) is 6.44. The van der Waals surface area contributed by atoms with E-state index in [2.05, 4.69) is 20.6 Å².